The van der Waals surface area contributed by atoms with Gasteiger partial charge in [-0.2, -0.15) is 0 Å². The van der Waals surface area contributed by atoms with Gasteiger partial charge < -0.3 is 15.1 Å². The molecule has 0 spiro atoms. The first kappa shape index (κ1) is 20.4. The summed E-state index contributed by atoms with van der Waals surface area (Å²) in [5.74, 6) is 1.02. The molecule has 1 N–H and O–H groups in total. The van der Waals surface area contributed by atoms with E-state index in [4.69, 9.17) is 0 Å². The smallest absolute Gasteiger partial charge is 0.254 e. The lowest BCUT2D eigenvalue weighted by atomic mass is 9.95. The number of anilines is 2. The highest BCUT2D eigenvalue weighted by molar-refractivity contribution is 5.95. The molecule has 6 heteroatoms. The molecule has 0 bridgehead atoms. The number of hydrogen-bond donors (Lipinski definition) is 1. The summed E-state index contributed by atoms with van der Waals surface area (Å²) in [5.41, 5.74) is 2.73. The fourth-order valence-electron chi connectivity index (χ4n) is 4.26. The zero-order valence-corrected chi connectivity index (χ0v) is 17.6. The maximum atomic E-state index is 12.8. The van der Waals surface area contributed by atoms with Gasteiger partial charge in [0, 0.05) is 49.5 Å². The third kappa shape index (κ3) is 4.81. The molecule has 3 heterocycles. The fourth-order valence-corrected chi connectivity index (χ4v) is 4.26. The zero-order valence-electron chi connectivity index (χ0n) is 17.6. The summed E-state index contributed by atoms with van der Waals surface area (Å²) in [6.07, 6.45) is 6.66. The number of hydrogen-bond acceptors (Lipinski definition) is 4. The van der Waals surface area contributed by atoms with Gasteiger partial charge in [0.15, 0.2) is 0 Å². The Kier molecular flexibility index (Phi) is 6.31. The maximum Gasteiger partial charge on any atom is 0.254 e. The number of rotatable bonds is 4. The van der Waals surface area contributed by atoms with Crippen molar-refractivity contribution < 1.29 is 9.59 Å². The van der Waals surface area contributed by atoms with E-state index in [1.165, 1.54) is 12.0 Å². The van der Waals surface area contributed by atoms with Crippen LogP contribution in [0.2, 0.25) is 0 Å². The molecule has 2 aromatic rings. The minimum absolute atomic E-state index is 0.000664. The van der Waals surface area contributed by atoms with Crippen molar-refractivity contribution in [3.63, 3.8) is 0 Å². The number of nitrogens with one attached hydrogen (secondary N) is 1. The number of carbonyl (C=O) groups is 2. The lowest BCUT2D eigenvalue weighted by Gasteiger charge is -2.32. The second-order valence-corrected chi connectivity index (χ2v) is 8.37. The quantitative estimate of drug-likeness (QED) is 0.837. The number of likely N-dealkylation sites (tertiary alicyclic amines) is 1. The summed E-state index contributed by atoms with van der Waals surface area (Å²) in [6.45, 7) is 5.25. The van der Waals surface area contributed by atoms with Crippen molar-refractivity contribution in [2.75, 3.05) is 36.4 Å². The SMILES string of the molecule is Cc1ccc(NC(=O)C2CCN(c3cc(C(=O)N4CCCCC4)ccn3)CC2)cc1. The Balaban J connectivity index is 1.34. The van der Waals surface area contributed by atoms with Crippen LogP contribution in [0.5, 0.6) is 0 Å². The third-order valence-electron chi connectivity index (χ3n) is 6.14. The van der Waals surface area contributed by atoms with Crippen molar-refractivity contribution in [1.29, 1.82) is 0 Å². The van der Waals surface area contributed by atoms with Crippen LogP contribution in [0.15, 0.2) is 42.6 Å². The number of amides is 2. The van der Waals surface area contributed by atoms with E-state index in [-0.39, 0.29) is 17.7 Å². The Morgan fingerprint density at radius 3 is 2.37 bits per heavy atom. The van der Waals surface area contributed by atoms with Gasteiger partial charge >= 0.3 is 0 Å². The van der Waals surface area contributed by atoms with Crippen molar-refractivity contribution in [3.8, 4) is 0 Å². The van der Waals surface area contributed by atoms with Crippen molar-refractivity contribution in [1.82, 2.24) is 9.88 Å². The van der Waals surface area contributed by atoms with Crippen LogP contribution in [0, 0.1) is 12.8 Å². The van der Waals surface area contributed by atoms with Crippen LogP contribution in [-0.2, 0) is 4.79 Å². The second-order valence-electron chi connectivity index (χ2n) is 8.37. The summed E-state index contributed by atoms with van der Waals surface area (Å²) in [5, 5.41) is 3.03. The van der Waals surface area contributed by atoms with E-state index in [2.05, 4.69) is 15.2 Å². The lowest BCUT2D eigenvalue weighted by Crippen LogP contribution is -2.39. The molecule has 0 atom stereocenters. The molecule has 2 fully saturated rings. The van der Waals surface area contributed by atoms with Crippen LogP contribution in [0.4, 0.5) is 11.5 Å². The Morgan fingerprint density at radius 2 is 1.67 bits per heavy atom. The van der Waals surface area contributed by atoms with Crippen LogP contribution < -0.4 is 10.2 Å². The summed E-state index contributed by atoms with van der Waals surface area (Å²) >= 11 is 0. The normalized spacial score (nSPS) is 17.6. The minimum Gasteiger partial charge on any atom is -0.357 e. The fraction of sp³-hybridized carbons (Fsp3) is 0.458. The summed E-state index contributed by atoms with van der Waals surface area (Å²) in [6, 6.07) is 11.6. The van der Waals surface area contributed by atoms with Crippen LogP contribution in [0.25, 0.3) is 0 Å². The molecule has 2 aliphatic heterocycles. The number of nitrogens with zero attached hydrogens (tertiary/aromatic N) is 3. The van der Waals surface area contributed by atoms with Gasteiger partial charge in [0.2, 0.25) is 5.91 Å². The standard InChI is InChI=1S/C24H30N4O2/c1-18-5-7-21(8-6-18)26-23(29)19-10-15-27(16-11-19)22-17-20(9-12-25-22)24(30)28-13-3-2-4-14-28/h5-9,12,17,19H,2-4,10-11,13-16H2,1H3,(H,26,29). The molecule has 4 rings (SSSR count). The first-order valence-electron chi connectivity index (χ1n) is 11.0. The third-order valence-corrected chi connectivity index (χ3v) is 6.14. The average molecular weight is 407 g/mol. The van der Waals surface area contributed by atoms with Gasteiger partial charge in [-0.1, -0.05) is 17.7 Å². The van der Waals surface area contributed by atoms with E-state index in [1.54, 1.807) is 6.20 Å². The predicted molar refractivity (Wildman–Crippen MR) is 119 cm³/mol. The summed E-state index contributed by atoms with van der Waals surface area (Å²) in [4.78, 5) is 34.0. The van der Waals surface area contributed by atoms with Crippen LogP contribution in [0.3, 0.4) is 0 Å². The first-order valence-corrected chi connectivity index (χ1v) is 11.0. The molecule has 0 radical (unpaired) electrons. The van der Waals surface area contributed by atoms with Crippen LogP contribution in [-0.4, -0.2) is 47.9 Å². The Hall–Kier alpha value is -2.89. The molecular weight excluding hydrogens is 376 g/mol. The summed E-state index contributed by atoms with van der Waals surface area (Å²) in [7, 11) is 0. The topological polar surface area (TPSA) is 65.5 Å². The minimum atomic E-state index is 0.000664. The molecule has 30 heavy (non-hydrogen) atoms. The van der Waals surface area contributed by atoms with Crippen molar-refractivity contribution in [3.05, 3.63) is 53.7 Å². The van der Waals surface area contributed by atoms with E-state index >= 15 is 0 Å². The molecule has 2 amide bonds. The van der Waals surface area contributed by atoms with Crippen molar-refractivity contribution in [2.24, 2.45) is 5.92 Å². The first-order chi connectivity index (χ1) is 14.6. The maximum absolute atomic E-state index is 12.8. The van der Waals surface area contributed by atoms with Gasteiger partial charge in [-0.25, -0.2) is 4.98 Å². The van der Waals surface area contributed by atoms with Crippen LogP contribution >= 0.6 is 0 Å². The second kappa shape index (κ2) is 9.28. The molecule has 2 aliphatic rings. The van der Waals surface area contributed by atoms with Gasteiger partial charge in [-0.15, -0.1) is 0 Å². The van der Waals surface area contributed by atoms with Crippen LogP contribution in [0.1, 0.15) is 48.0 Å². The van der Waals surface area contributed by atoms with Gasteiger partial charge in [0.25, 0.3) is 5.91 Å². The molecule has 1 aromatic carbocycles. The van der Waals surface area contributed by atoms with E-state index in [9.17, 15) is 9.59 Å². The lowest BCUT2D eigenvalue weighted by molar-refractivity contribution is -0.120. The monoisotopic (exact) mass is 406 g/mol. The number of carbonyl (C=O) groups excluding carboxylic acids is 2. The number of pyridine rings is 1. The molecule has 0 aliphatic carbocycles. The van der Waals surface area contributed by atoms with Gasteiger partial charge in [0.05, 0.1) is 0 Å². The van der Waals surface area contributed by atoms with Gasteiger partial charge in [0.1, 0.15) is 5.82 Å². The highest BCUT2D eigenvalue weighted by atomic mass is 16.2. The highest BCUT2D eigenvalue weighted by Gasteiger charge is 2.26. The molecule has 158 valence electrons. The van der Waals surface area contributed by atoms with Gasteiger partial charge in [-0.05, 0) is 63.3 Å². The number of aromatic nitrogens is 1. The summed E-state index contributed by atoms with van der Waals surface area (Å²) < 4.78 is 0. The molecule has 2 saturated heterocycles. The largest absolute Gasteiger partial charge is 0.357 e. The predicted octanol–water partition coefficient (Wildman–Crippen LogP) is 3.87. The molecule has 0 unspecified atom stereocenters. The van der Waals surface area contributed by atoms with E-state index in [1.807, 2.05) is 48.2 Å². The zero-order chi connectivity index (χ0) is 20.9. The molecule has 1 aromatic heterocycles. The Morgan fingerprint density at radius 1 is 0.967 bits per heavy atom. The van der Waals surface area contributed by atoms with E-state index < -0.39 is 0 Å². The van der Waals surface area contributed by atoms with Crippen molar-refractivity contribution >= 4 is 23.3 Å². The highest BCUT2D eigenvalue weighted by Crippen LogP contribution is 2.24. The van der Waals surface area contributed by atoms with Gasteiger partial charge in [-0.3, -0.25) is 9.59 Å². The molecule has 6 nitrogen and oxygen atoms in total. The average Bonchev–Trinajstić information content (AvgIpc) is 2.81. The Bertz CT molecular complexity index is 882. The molecule has 0 saturated carbocycles. The van der Waals surface area contributed by atoms with E-state index in [0.717, 1.165) is 63.4 Å². The Labute approximate surface area is 178 Å². The number of aryl methyl sites for hydroxylation is 1. The number of piperidine rings is 2. The number of benzene rings is 1. The van der Waals surface area contributed by atoms with E-state index in [0.29, 0.717) is 5.56 Å². The molecular formula is C24H30N4O2. The van der Waals surface area contributed by atoms with Crippen molar-refractivity contribution in [2.45, 2.75) is 39.0 Å².